The molecular weight excluding hydrogens is 368 g/mol. The van der Waals surface area contributed by atoms with E-state index in [1.54, 1.807) is 0 Å². The summed E-state index contributed by atoms with van der Waals surface area (Å²) in [6.45, 7) is 0. The van der Waals surface area contributed by atoms with Crippen LogP contribution in [0.1, 0.15) is 37.7 Å². The van der Waals surface area contributed by atoms with Crippen LogP contribution in [0.3, 0.4) is 0 Å². The molecule has 0 saturated heterocycles. The summed E-state index contributed by atoms with van der Waals surface area (Å²) >= 11 is 2.76. The highest BCUT2D eigenvalue weighted by Crippen LogP contribution is 2.28. The molecule has 0 spiro atoms. The second-order valence-corrected chi connectivity index (χ2v) is 8.47. The lowest BCUT2D eigenvalue weighted by atomic mass is 9.96. The van der Waals surface area contributed by atoms with Crippen LogP contribution < -0.4 is 10.6 Å². The minimum absolute atomic E-state index is 0.151. The van der Waals surface area contributed by atoms with Crippen molar-refractivity contribution in [2.45, 2.75) is 48.9 Å². The molecule has 138 valence electrons. The largest absolute Gasteiger partial charge is 0.357 e. The number of imide groups is 1. The predicted molar refractivity (Wildman–Crippen MR) is 104 cm³/mol. The highest BCUT2D eigenvalue weighted by atomic mass is 32.2. The summed E-state index contributed by atoms with van der Waals surface area (Å²) in [5.41, 5.74) is 0.882. The van der Waals surface area contributed by atoms with E-state index in [-0.39, 0.29) is 24.0 Å². The van der Waals surface area contributed by atoms with Crippen molar-refractivity contribution >= 4 is 40.0 Å². The summed E-state index contributed by atoms with van der Waals surface area (Å²) in [7, 11) is 0. The Morgan fingerprint density at radius 3 is 2.62 bits per heavy atom. The summed E-state index contributed by atoms with van der Waals surface area (Å²) in [6.07, 6.45) is 6.38. The molecule has 1 aliphatic carbocycles. The number of carbonyl (C=O) groups is 2. The monoisotopic (exact) mass is 390 g/mol. The lowest BCUT2D eigenvalue weighted by Gasteiger charge is -2.21. The van der Waals surface area contributed by atoms with Gasteiger partial charge in [0.25, 0.3) is 0 Å². The van der Waals surface area contributed by atoms with Crippen molar-refractivity contribution in [2.24, 2.45) is 0 Å². The van der Waals surface area contributed by atoms with Crippen LogP contribution in [0.15, 0.2) is 34.7 Å². The minimum atomic E-state index is -0.312. The fourth-order valence-corrected chi connectivity index (χ4v) is 4.52. The number of rotatable bonds is 7. The summed E-state index contributed by atoms with van der Waals surface area (Å²) < 4.78 is 0.731. The van der Waals surface area contributed by atoms with Gasteiger partial charge in [-0.05, 0) is 18.4 Å². The Labute approximate surface area is 161 Å². The molecule has 1 aromatic heterocycles. The third-order valence-corrected chi connectivity index (χ3v) is 6.14. The van der Waals surface area contributed by atoms with Crippen LogP contribution in [0.5, 0.6) is 0 Å². The van der Waals surface area contributed by atoms with Gasteiger partial charge in [-0.25, -0.2) is 0 Å². The maximum absolute atomic E-state index is 11.9. The number of nitrogens with zero attached hydrogens (tertiary/aromatic N) is 2. The average Bonchev–Trinajstić information content (AvgIpc) is 3.09. The summed E-state index contributed by atoms with van der Waals surface area (Å²) in [6, 6.07) is 9.84. The number of amides is 2. The van der Waals surface area contributed by atoms with Crippen LogP contribution in [-0.2, 0) is 16.0 Å². The second-order valence-electron chi connectivity index (χ2n) is 6.27. The molecule has 1 saturated carbocycles. The number of aromatic nitrogens is 2. The fraction of sp³-hybridized carbons (Fsp3) is 0.444. The van der Waals surface area contributed by atoms with Crippen molar-refractivity contribution in [3.8, 4) is 0 Å². The maximum atomic E-state index is 11.9. The number of carbonyl (C=O) groups excluding carboxylic acids is 2. The SMILES string of the molecule is O=C(CSc1nnc(NC2CCCCC2)s1)NC(=O)Cc1ccccc1. The molecule has 1 fully saturated rings. The van der Waals surface area contributed by atoms with Gasteiger partial charge in [0.15, 0.2) is 4.34 Å². The molecule has 0 bridgehead atoms. The van der Waals surface area contributed by atoms with Crippen molar-refractivity contribution in [1.29, 1.82) is 0 Å². The van der Waals surface area contributed by atoms with Crippen LogP contribution in [0.4, 0.5) is 5.13 Å². The van der Waals surface area contributed by atoms with Crippen LogP contribution in [-0.4, -0.2) is 33.8 Å². The molecule has 1 heterocycles. The third-order valence-electron chi connectivity index (χ3n) is 4.15. The zero-order valence-electron chi connectivity index (χ0n) is 14.4. The van der Waals surface area contributed by atoms with Gasteiger partial charge in [0.1, 0.15) is 0 Å². The first-order chi connectivity index (χ1) is 12.7. The van der Waals surface area contributed by atoms with E-state index in [1.165, 1.54) is 55.2 Å². The Kier molecular flexibility index (Phi) is 7.02. The van der Waals surface area contributed by atoms with Gasteiger partial charge in [0.2, 0.25) is 16.9 Å². The van der Waals surface area contributed by atoms with Crippen LogP contribution in [0.25, 0.3) is 0 Å². The Morgan fingerprint density at radius 1 is 1.08 bits per heavy atom. The topological polar surface area (TPSA) is 84.0 Å². The average molecular weight is 391 g/mol. The Hall–Kier alpha value is -1.93. The third kappa shape index (κ3) is 6.10. The van der Waals surface area contributed by atoms with Crippen molar-refractivity contribution < 1.29 is 9.59 Å². The Morgan fingerprint density at radius 2 is 1.85 bits per heavy atom. The lowest BCUT2D eigenvalue weighted by molar-refractivity contribution is -0.128. The van der Waals surface area contributed by atoms with E-state index in [0.717, 1.165) is 15.0 Å². The molecule has 6 nitrogen and oxygen atoms in total. The molecule has 26 heavy (non-hydrogen) atoms. The van der Waals surface area contributed by atoms with Crippen molar-refractivity contribution in [3.05, 3.63) is 35.9 Å². The standard InChI is InChI=1S/C18H22N4O2S2/c23-15(11-13-7-3-1-4-8-13)20-16(24)12-25-18-22-21-17(26-18)19-14-9-5-2-6-10-14/h1,3-4,7-8,14H,2,5-6,9-12H2,(H,19,21)(H,20,23,24). The number of nitrogens with one attached hydrogen (secondary N) is 2. The Balaban J connectivity index is 1.39. The predicted octanol–water partition coefficient (Wildman–Crippen LogP) is 3.26. The van der Waals surface area contributed by atoms with Gasteiger partial charge in [0, 0.05) is 6.04 Å². The zero-order valence-corrected chi connectivity index (χ0v) is 16.1. The van der Waals surface area contributed by atoms with Gasteiger partial charge in [0.05, 0.1) is 12.2 Å². The number of thioether (sulfide) groups is 1. The molecule has 3 rings (SSSR count). The molecule has 2 aromatic rings. The number of hydrogen-bond donors (Lipinski definition) is 2. The van der Waals surface area contributed by atoms with E-state index in [9.17, 15) is 9.59 Å². The highest BCUT2D eigenvalue weighted by Gasteiger charge is 2.16. The molecule has 2 amide bonds. The Bertz CT molecular complexity index is 730. The van der Waals surface area contributed by atoms with Gasteiger partial charge in [-0.2, -0.15) is 0 Å². The molecule has 0 atom stereocenters. The molecule has 1 aliphatic rings. The smallest absolute Gasteiger partial charge is 0.237 e. The lowest BCUT2D eigenvalue weighted by Crippen LogP contribution is -2.33. The van der Waals surface area contributed by atoms with E-state index in [0.29, 0.717) is 6.04 Å². The highest BCUT2D eigenvalue weighted by molar-refractivity contribution is 8.01. The first kappa shape index (κ1) is 18.8. The zero-order chi connectivity index (χ0) is 18.2. The quantitative estimate of drug-likeness (QED) is 0.706. The molecule has 2 N–H and O–H groups in total. The molecule has 1 aromatic carbocycles. The molecule has 0 aliphatic heterocycles. The normalized spacial score (nSPS) is 14.8. The van der Waals surface area contributed by atoms with Gasteiger partial charge in [-0.1, -0.05) is 72.7 Å². The van der Waals surface area contributed by atoms with Crippen LogP contribution in [0, 0.1) is 0 Å². The number of benzene rings is 1. The summed E-state index contributed by atoms with van der Waals surface area (Å²) in [5.74, 6) is -0.454. The van der Waals surface area contributed by atoms with Crippen molar-refractivity contribution in [3.63, 3.8) is 0 Å². The summed E-state index contributed by atoms with van der Waals surface area (Å²) in [5, 5.41) is 14.9. The minimum Gasteiger partial charge on any atom is -0.357 e. The molecular formula is C18H22N4O2S2. The van der Waals surface area contributed by atoms with Crippen molar-refractivity contribution in [2.75, 3.05) is 11.1 Å². The van der Waals surface area contributed by atoms with E-state index in [1.807, 2.05) is 30.3 Å². The van der Waals surface area contributed by atoms with Gasteiger partial charge >= 0.3 is 0 Å². The first-order valence-corrected chi connectivity index (χ1v) is 10.6. The summed E-state index contributed by atoms with van der Waals surface area (Å²) in [4.78, 5) is 23.8. The van der Waals surface area contributed by atoms with E-state index in [2.05, 4.69) is 20.8 Å². The van der Waals surface area contributed by atoms with Crippen LogP contribution >= 0.6 is 23.1 Å². The molecule has 8 heteroatoms. The van der Waals surface area contributed by atoms with Gasteiger partial charge < -0.3 is 5.32 Å². The second kappa shape index (κ2) is 9.68. The fourth-order valence-electron chi connectivity index (χ4n) is 2.89. The van der Waals surface area contributed by atoms with Gasteiger partial charge in [-0.3, -0.25) is 14.9 Å². The maximum Gasteiger partial charge on any atom is 0.237 e. The van der Waals surface area contributed by atoms with Gasteiger partial charge in [-0.15, -0.1) is 10.2 Å². The number of hydrogen-bond acceptors (Lipinski definition) is 7. The van der Waals surface area contributed by atoms with Crippen molar-refractivity contribution in [1.82, 2.24) is 15.5 Å². The van der Waals surface area contributed by atoms with Crippen LogP contribution in [0.2, 0.25) is 0 Å². The number of anilines is 1. The first-order valence-electron chi connectivity index (χ1n) is 8.78. The molecule has 0 unspecified atom stereocenters. The van der Waals surface area contributed by atoms with E-state index >= 15 is 0 Å². The van der Waals surface area contributed by atoms with E-state index in [4.69, 9.17) is 0 Å². The van der Waals surface area contributed by atoms with E-state index < -0.39 is 0 Å². The molecule has 0 radical (unpaired) electrons.